The molecule has 0 saturated heterocycles. The number of hydrogen-bond donors (Lipinski definition) is 1. The standard InChI is InChI=1S/C16H22BrNO/c1-11-4-3-5-15(12(11)2)18-16(19)10-13-6-8-14(17)9-7-13/h6-9,11-12,15H,3-5,10H2,1-2H3,(H,18,19)/t11-,12-,15-/m1/s1. The Bertz CT molecular complexity index is 429. The molecule has 0 spiro atoms. The molecule has 0 unspecified atom stereocenters. The third kappa shape index (κ3) is 4.07. The molecule has 1 aliphatic rings. The summed E-state index contributed by atoms with van der Waals surface area (Å²) in [6.45, 7) is 4.55. The monoisotopic (exact) mass is 323 g/mol. The molecule has 2 rings (SSSR count). The summed E-state index contributed by atoms with van der Waals surface area (Å²) in [4.78, 5) is 12.1. The quantitative estimate of drug-likeness (QED) is 0.897. The SMILES string of the molecule is C[C@@H]1[C@H](C)CCC[C@H]1NC(=O)Cc1ccc(Br)cc1. The second kappa shape index (κ2) is 6.56. The molecule has 1 aliphatic carbocycles. The molecule has 3 atom stereocenters. The van der Waals surface area contributed by atoms with E-state index in [0.29, 0.717) is 24.3 Å². The molecule has 0 aromatic heterocycles. The van der Waals surface area contributed by atoms with Crippen molar-refractivity contribution in [2.24, 2.45) is 11.8 Å². The van der Waals surface area contributed by atoms with Gasteiger partial charge in [-0.05, 0) is 36.0 Å². The lowest BCUT2D eigenvalue weighted by atomic mass is 9.78. The van der Waals surface area contributed by atoms with Crippen LogP contribution in [0, 0.1) is 11.8 Å². The van der Waals surface area contributed by atoms with Crippen molar-refractivity contribution in [3.8, 4) is 0 Å². The van der Waals surface area contributed by atoms with E-state index in [4.69, 9.17) is 0 Å². The molecular formula is C16H22BrNO. The third-order valence-electron chi connectivity index (χ3n) is 4.33. The van der Waals surface area contributed by atoms with Crippen LogP contribution in [-0.2, 0) is 11.2 Å². The van der Waals surface area contributed by atoms with E-state index in [-0.39, 0.29) is 5.91 Å². The van der Waals surface area contributed by atoms with Crippen LogP contribution in [-0.4, -0.2) is 11.9 Å². The first-order valence-electron chi connectivity index (χ1n) is 7.10. The highest BCUT2D eigenvalue weighted by molar-refractivity contribution is 9.10. The predicted octanol–water partition coefficient (Wildman–Crippen LogP) is 3.93. The zero-order valence-electron chi connectivity index (χ0n) is 11.7. The lowest BCUT2D eigenvalue weighted by Gasteiger charge is -2.34. The van der Waals surface area contributed by atoms with Crippen molar-refractivity contribution in [2.45, 2.75) is 45.6 Å². The number of hydrogen-bond acceptors (Lipinski definition) is 1. The van der Waals surface area contributed by atoms with Crippen LogP contribution in [0.15, 0.2) is 28.7 Å². The molecule has 1 N–H and O–H groups in total. The highest BCUT2D eigenvalue weighted by Gasteiger charge is 2.27. The van der Waals surface area contributed by atoms with Crippen LogP contribution in [0.25, 0.3) is 0 Å². The maximum atomic E-state index is 12.1. The number of rotatable bonds is 3. The van der Waals surface area contributed by atoms with Crippen LogP contribution in [0.5, 0.6) is 0 Å². The molecular weight excluding hydrogens is 302 g/mol. The number of carbonyl (C=O) groups is 1. The zero-order chi connectivity index (χ0) is 13.8. The van der Waals surface area contributed by atoms with E-state index in [1.54, 1.807) is 0 Å². The van der Waals surface area contributed by atoms with E-state index in [9.17, 15) is 4.79 Å². The molecule has 1 fully saturated rings. The van der Waals surface area contributed by atoms with Gasteiger partial charge in [0.15, 0.2) is 0 Å². The average Bonchev–Trinajstić information content (AvgIpc) is 2.38. The molecule has 3 heteroatoms. The molecule has 104 valence electrons. The molecule has 0 aliphatic heterocycles. The second-order valence-corrected chi connectivity index (χ2v) is 6.66. The van der Waals surface area contributed by atoms with Crippen molar-refractivity contribution in [1.29, 1.82) is 0 Å². The maximum Gasteiger partial charge on any atom is 0.224 e. The van der Waals surface area contributed by atoms with E-state index in [1.807, 2.05) is 24.3 Å². The highest BCUT2D eigenvalue weighted by Crippen LogP contribution is 2.29. The van der Waals surface area contributed by atoms with Gasteiger partial charge in [-0.2, -0.15) is 0 Å². The van der Waals surface area contributed by atoms with Gasteiger partial charge >= 0.3 is 0 Å². The van der Waals surface area contributed by atoms with E-state index >= 15 is 0 Å². The van der Waals surface area contributed by atoms with Crippen molar-refractivity contribution in [3.05, 3.63) is 34.3 Å². The Kier molecular flexibility index (Phi) is 5.03. The summed E-state index contributed by atoms with van der Waals surface area (Å²) in [5, 5.41) is 3.21. The zero-order valence-corrected chi connectivity index (χ0v) is 13.2. The first-order chi connectivity index (χ1) is 9.06. The van der Waals surface area contributed by atoms with E-state index < -0.39 is 0 Å². The fraction of sp³-hybridized carbons (Fsp3) is 0.562. The number of amides is 1. The molecule has 1 amide bonds. The first kappa shape index (κ1) is 14.6. The predicted molar refractivity (Wildman–Crippen MR) is 82.0 cm³/mol. The number of halogens is 1. The minimum Gasteiger partial charge on any atom is -0.353 e. The summed E-state index contributed by atoms with van der Waals surface area (Å²) in [5.41, 5.74) is 1.07. The van der Waals surface area contributed by atoms with E-state index in [2.05, 4.69) is 35.1 Å². The van der Waals surface area contributed by atoms with Gasteiger partial charge in [-0.15, -0.1) is 0 Å². The number of nitrogens with one attached hydrogen (secondary N) is 1. The summed E-state index contributed by atoms with van der Waals surface area (Å²) in [6, 6.07) is 8.31. The van der Waals surface area contributed by atoms with Crippen molar-refractivity contribution in [1.82, 2.24) is 5.32 Å². The Labute approximate surface area is 124 Å². The Morgan fingerprint density at radius 1 is 1.26 bits per heavy atom. The Balaban J connectivity index is 1.88. The summed E-state index contributed by atoms with van der Waals surface area (Å²) < 4.78 is 1.05. The molecule has 0 bridgehead atoms. The van der Waals surface area contributed by atoms with Crippen LogP contribution in [0.1, 0.15) is 38.7 Å². The van der Waals surface area contributed by atoms with Crippen molar-refractivity contribution in [3.63, 3.8) is 0 Å². The summed E-state index contributed by atoms with van der Waals surface area (Å²) in [7, 11) is 0. The largest absolute Gasteiger partial charge is 0.353 e. The minimum atomic E-state index is 0.147. The topological polar surface area (TPSA) is 29.1 Å². The van der Waals surface area contributed by atoms with Crippen molar-refractivity contribution in [2.75, 3.05) is 0 Å². The maximum absolute atomic E-state index is 12.1. The summed E-state index contributed by atoms with van der Waals surface area (Å²) in [6.07, 6.45) is 4.12. The van der Waals surface area contributed by atoms with Gasteiger partial charge in [0.1, 0.15) is 0 Å². The normalized spacial score (nSPS) is 27.0. The molecule has 2 nitrogen and oxygen atoms in total. The van der Waals surface area contributed by atoms with Crippen LogP contribution in [0.4, 0.5) is 0 Å². The number of benzene rings is 1. The summed E-state index contributed by atoms with van der Waals surface area (Å²) in [5.74, 6) is 1.45. The average molecular weight is 324 g/mol. The van der Waals surface area contributed by atoms with Gasteiger partial charge in [0, 0.05) is 10.5 Å². The third-order valence-corrected chi connectivity index (χ3v) is 4.86. The van der Waals surface area contributed by atoms with Crippen LogP contribution in [0.3, 0.4) is 0 Å². The smallest absolute Gasteiger partial charge is 0.224 e. The molecule has 1 aromatic rings. The molecule has 0 heterocycles. The second-order valence-electron chi connectivity index (χ2n) is 5.74. The van der Waals surface area contributed by atoms with Crippen LogP contribution >= 0.6 is 15.9 Å². The van der Waals surface area contributed by atoms with Gasteiger partial charge in [0.25, 0.3) is 0 Å². The molecule has 1 aromatic carbocycles. The fourth-order valence-electron chi connectivity index (χ4n) is 2.83. The van der Waals surface area contributed by atoms with Gasteiger partial charge in [0.05, 0.1) is 6.42 Å². The molecule has 0 radical (unpaired) electrons. The van der Waals surface area contributed by atoms with Gasteiger partial charge in [-0.25, -0.2) is 0 Å². The Hall–Kier alpha value is -0.830. The minimum absolute atomic E-state index is 0.147. The van der Waals surface area contributed by atoms with Gasteiger partial charge in [-0.1, -0.05) is 54.8 Å². The van der Waals surface area contributed by atoms with E-state index in [0.717, 1.165) is 16.5 Å². The van der Waals surface area contributed by atoms with Gasteiger partial charge in [0.2, 0.25) is 5.91 Å². The molecule has 19 heavy (non-hydrogen) atoms. The van der Waals surface area contributed by atoms with Gasteiger partial charge < -0.3 is 5.32 Å². The van der Waals surface area contributed by atoms with Crippen LogP contribution in [0.2, 0.25) is 0 Å². The van der Waals surface area contributed by atoms with Crippen LogP contribution < -0.4 is 5.32 Å². The van der Waals surface area contributed by atoms with Crippen molar-refractivity contribution < 1.29 is 4.79 Å². The first-order valence-corrected chi connectivity index (χ1v) is 7.89. The van der Waals surface area contributed by atoms with Gasteiger partial charge in [-0.3, -0.25) is 4.79 Å². The lowest BCUT2D eigenvalue weighted by Crippen LogP contribution is -2.44. The van der Waals surface area contributed by atoms with Crippen molar-refractivity contribution >= 4 is 21.8 Å². The summed E-state index contributed by atoms with van der Waals surface area (Å²) >= 11 is 3.41. The lowest BCUT2D eigenvalue weighted by molar-refractivity contribution is -0.121. The number of carbonyl (C=O) groups excluding carboxylic acids is 1. The highest BCUT2D eigenvalue weighted by atomic mass is 79.9. The Morgan fingerprint density at radius 2 is 1.95 bits per heavy atom. The Morgan fingerprint density at radius 3 is 2.63 bits per heavy atom. The molecule has 1 saturated carbocycles. The van der Waals surface area contributed by atoms with E-state index in [1.165, 1.54) is 12.8 Å². The fourth-order valence-corrected chi connectivity index (χ4v) is 3.10.